The van der Waals surface area contributed by atoms with E-state index in [1.807, 2.05) is 27.7 Å². The Balaban J connectivity index is 1.73. The Morgan fingerprint density at radius 3 is 2.04 bits per heavy atom. The monoisotopic (exact) mass is 324 g/mol. The molecule has 1 spiro atoms. The molecule has 0 bridgehead atoms. The van der Waals surface area contributed by atoms with Crippen molar-refractivity contribution in [2.75, 3.05) is 0 Å². The Labute approximate surface area is 135 Å². The molecular weight excluding hydrogens is 302 g/mol. The molecule has 2 heterocycles. The minimum Gasteiger partial charge on any atom is -0.398 e. The number of nitrogens with one attached hydrogen (secondary N) is 2. The standard InChI is InChI=1S/C15H22BFN2O4/c1-13(2)14(3,4)23-16(22-13)10(17)9-5-7-15(8-6-9)11(20)18-12(21)19-15/h5-8H2,1-4H3,(H2,18,19,20,21). The highest BCUT2D eigenvalue weighted by Crippen LogP contribution is 2.42. The number of rotatable bonds is 1. The first-order valence-electron chi connectivity index (χ1n) is 7.93. The number of imide groups is 1. The third-order valence-electron chi connectivity index (χ3n) is 5.52. The smallest absolute Gasteiger partial charge is 0.398 e. The van der Waals surface area contributed by atoms with E-state index in [4.69, 9.17) is 9.31 Å². The normalized spacial score (nSPS) is 32.2. The molecule has 3 aliphatic rings. The SMILES string of the molecule is CC1(C)OB(C(F)=C2CCC3(CC2)NC(=O)NC3=O)OC1(C)C. The molecule has 2 N–H and O–H groups in total. The molecular formula is C15H22BFN2O4. The third-order valence-corrected chi connectivity index (χ3v) is 5.52. The molecule has 6 nitrogen and oxygen atoms in total. The zero-order valence-corrected chi connectivity index (χ0v) is 13.9. The molecule has 0 unspecified atom stereocenters. The molecule has 8 heteroatoms. The van der Waals surface area contributed by atoms with Crippen LogP contribution in [0.3, 0.4) is 0 Å². The number of carbonyl (C=O) groups excluding carboxylic acids is 2. The summed E-state index contributed by atoms with van der Waals surface area (Å²) in [5.41, 5.74) is -1.88. The van der Waals surface area contributed by atoms with Gasteiger partial charge in [-0.15, -0.1) is 0 Å². The quantitative estimate of drug-likeness (QED) is 0.571. The first-order valence-corrected chi connectivity index (χ1v) is 7.93. The van der Waals surface area contributed by atoms with E-state index < -0.39 is 35.6 Å². The van der Waals surface area contributed by atoms with Crippen LogP contribution in [-0.4, -0.2) is 35.8 Å². The van der Waals surface area contributed by atoms with Crippen LogP contribution in [0.1, 0.15) is 53.4 Å². The van der Waals surface area contributed by atoms with Gasteiger partial charge in [0.25, 0.3) is 5.91 Å². The fourth-order valence-corrected chi connectivity index (χ4v) is 3.21. The average Bonchev–Trinajstić information content (AvgIpc) is 2.83. The van der Waals surface area contributed by atoms with E-state index in [-0.39, 0.29) is 5.91 Å². The molecule has 3 fully saturated rings. The average molecular weight is 324 g/mol. The van der Waals surface area contributed by atoms with Gasteiger partial charge in [0.05, 0.1) is 11.2 Å². The van der Waals surface area contributed by atoms with Gasteiger partial charge in [-0.25, -0.2) is 9.18 Å². The second-order valence-corrected chi connectivity index (χ2v) is 7.53. The summed E-state index contributed by atoms with van der Waals surface area (Å²) in [7, 11) is -1.00. The molecule has 126 valence electrons. The Hall–Kier alpha value is -1.41. The highest BCUT2D eigenvalue weighted by Gasteiger charge is 2.54. The van der Waals surface area contributed by atoms with E-state index in [1.165, 1.54) is 0 Å². The molecule has 2 aliphatic heterocycles. The zero-order valence-electron chi connectivity index (χ0n) is 13.9. The van der Waals surface area contributed by atoms with Gasteiger partial charge in [-0.2, -0.15) is 0 Å². The summed E-state index contributed by atoms with van der Waals surface area (Å²) in [5.74, 6) is -0.322. The van der Waals surface area contributed by atoms with Gasteiger partial charge >= 0.3 is 13.1 Å². The van der Waals surface area contributed by atoms with E-state index in [1.54, 1.807) is 0 Å². The maximum atomic E-state index is 14.8. The van der Waals surface area contributed by atoms with Crippen molar-refractivity contribution in [2.45, 2.75) is 70.1 Å². The predicted molar refractivity (Wildman–Crippen MR) is 82.1 cm³/mol. The summed E-state index contributed by atoms with van der Waals surface area (Å²) in [5, 5.41) is 4.92. The topological polar surface area (TPSA) is 76.7 Å². The number of allylic oxidation sites excluding steroid dienone is 1. The minimum atomic E-state index is -1.00. The Morgan fingerprint density at radius 2 is 1.61 bits per heavy atom. The predicted octanol–water partition coefficient (Wildman–Crippen LogP) is 1.99. The Kier molecular flexibility index (Phi) is 3.61. The first kappa shape index (κ1) is 16.5. The molecule has 2 saturated heterocycles. The molecule has 0 aromatic heterocycles. The molecule has 0 aromatic carbocycles. The van der Waals surface area contributed by atoms with Gasteiger partial charge in [-0.3, -0.25) is 10.1 Å². The van der Waals surface area contributed by atoms with Crippen LogP contribution < -0.4 is 10.6 Å². The minimum absolute atomic E-state index is 0.322. The van der Waals surface area contributed by atoms with E-state index in [0.29, 0.717) is 31.3 Å². The van der Waals surface area contributed by atoms with E-state index >= 15 is 0 Å². The molecule has 1 saturated carbocycles. The second kappa shape index (κ2) is 5.04. The van der Waals surface area contributed by atoms with Crippen LogP contribution in [0.2, 0.25) is 0 Å². The number of hydrogen-bond donors (Lipinski definition) is 2. The molecule has 23 heavy (non-hydrogen) atoms. The Morgan fingerprint density at radius 1 is 1.09 bits per heavy atom. The lowest BCUT2D eigenvalue weighted by Crippen LogP contribution is -2.48. The molecule has 0 atom stereocenters. The Bertz CT molecular complexity index is 576. The van der Waals surface area contributed by atoms with Crippen LogP contribution in [0, 0.1) is 0 Å². The van der Waals surface area contributed by atoms with Gasteiger partial charge in [0, 0.05) is 0 Å². The van der Waals surface area contributed by atoms with Crippen LogP contribution in [-0.2, 0) is 14.1 Å². The number of hydrogen-bond acceptors (Lipinski definition) is 4. The zero-order chi connectivity index (χ0) is 17.0. The van der Waals surface area contributed by atoms with Gasteiger partial charge < -0.3 is 14.6 Å². The van der Waals surface area contributed by atoms with Crippen LogP contribution in [0.25, 0.3) is 0 Å². The lowest BCUT2D eigenvalue weighted by atomic mass is 9.74. The summed E-state index contributed by atoms with van der Waals surface area (Å²) in [6.07, 6.45) is 1.55. The van der Waals surface area contributed by atoms with Crippen molar-refractivity contribution in [1.82, 2.24) is 10.6 Å². The van der Waals surface area contributed by atoms with Crippen LogP contribution in [0.4, 0.5) is 9.18 Å². The summed E-state index contributed by atoms with van der Waals surface area (Å²) in [6.45, 7) is 7.50. The largest absolute Gasteiger partial charge is 0.525 e. The molecule has 3 amide bonds. The fourth-order valence-electron chi connectivity index (χ4n) is 3.21. The maximum absolute atomic E-state index is 14.8. The van der Waals surface area contributed by atoms with Gasteiger partial charge in [-0.05, 0) is 59.0 Å². The van der Waals surface area contributed by atoms with E-state index in [9.17, 15) is 14.0 Å². The molecule has 3 rings (SSSR count). The lowest BCUT2D eigenvalue weighted by molar-refractivity contribution is -0.124. The highest BCUT2D eigenvalue weighted by atomic mass is 19.1. The summed E-state index contributed by atoms with van der Waals surface area (Å²) < 4.78 is 26.2. The number of carbonyl (C=O) groups is 2. The van der Waals surface area contributed by atoms with Crippen molar-refractivity contribution >= 4 is 19.1 Å². The maximum Gasteiger partial charge on any atom is 0.525 e. The van der Waals surface area contributed by atoms with Crippen LogP contribution in [0.5, 0.6) is 0 Å². The molecule has 0 radical (unpaired) electrons. The van der Waals surface area contributed by atoms with E-state index in [2.05, 4.69) is 10.6 Å². The summed E-state index contributed by atoms with van der Waals surface area (Å²) >= 11 is 0. The van der Waals surface area contributed by atoms with Gasteiger partial charge in [-0.1, -0.05) is 0 Å². The highest BCUT2D eigenvalue weighted by molar-refractivity contribution is 6.53. The fraction of sp³-hybridized carbons (Fsp3) is 0.733. The summed E-state index contributed by atoms with van der Waals surface area (Å²) in [6, 6.07) is -0.478. The van der Waals surface area contributed by atoms with Crippen molar-refractivity contribution in [2.24, 2.45) is 0 Å². The van der Waals surface area contributed by atoms with Crippen molar-refractivity contribution in [3.63, 3.8) is 0 Å². The molecule has 1 aliphatic carbocycles. The number of halogens is 1. The van der Waals surface area contributed by atoms with Crippen molar-refractivity contribution in [3.05, 3.63) is 11.3 Å². The third kappa shape index (κ3) is 2.57. The van der Waals surface area contributed by atoms with Gasteiger partial charge in [0.2, 0.25) is 0 Å². The first-order chi connectivity index (χ1) is 10.6. The van der Waals surface area contributed by atoms with Crippen molar-refractivity contribution in [3.8, 4) is 0 Å². The summed E-state index contributed by atoms with van der Waals surface area (Å²) in [4.78, 5) is 23.2. The van der Waals surface area contributed by atoms with Gasteiger partial charge in [0.15, 0.2) is 0 Å². The lowest BCUT2D eigenvalue weighted by Gasteiger charge is -2.32. The number of urea groups is 1. The van der Waals surface area contributed by atoms with Crippen molar-refractivity contribution < 1.29 is 23.3 Å². The van der Waals surface area contributed by atoms with Gasteiger partial charge in [0.1, 0.15) is 11.3 Å². The van der Waals surface area contributed by atoms with Crippen molar-refractivity contribution in [1.29, 1.82) is 0 Å². The number of amides is 3. The van der Waals surface area contributed by atoms with Crippen LogP contribution in [0.15, 0.2) is 11.3 Å². The van der Waals surface area contributed by atoms with Crippen LogP contribution >= 0.6 is 0 Å². The van der Waals surface area contributed by atoms with E-state index in [0.717, 1.165) is 0 Å². The molecule has 0 aromatic rings. The second-order valence-electron chi connectivity index (χ2n) is 7.53.